The van der Waals surface area contributed by atoms with Crippen LogP contribution in [-0.2, 0) is 11.8 Å². The van der Waals surface area contributed by atoms with Crippen LogP contribution in [0.4, 0.5) is 0 Å². The van der Waals surface area contributed by atoms with Gasteiger partial charge in [-0.2, -0.15) is 0 Å². The second-order valence-corrected chi connectivity index (χ2v) is 5.36. The summed E-state index contributed by atoms with van der Waals surface area (Å²) < 4.78 is 0. The highest BCUT2D eigenvalue weighted by Crippen LogP contribution is 2.43. The molecule has 86 valence electrons. The van der Waals surface area contributed by atoms with Crippen molar-refractivity contribution in [2.45, 2.75) is 32.1 Å². The maximum atomic E-state index is 2.38. The second-order valence-electron chi connectivity index (χ2n) is 5.36. The molecule has 0 spiro atoms. The van der Waals surface area contributed by atoms with Gasteiger partial charge in [0.1, 0.15) is 0 Å². The average molecular weight is 222 g/mol. The molecule has 0 aliphatic heterocycles. The molecule has 0 saturated carbocycles. The fourth-order valence-corrected chi connectivity index (χ4v) is 3.02. The maximum Gasteiger partial charge on any atom is 0.0180 e. The molecule has 1 atom stereocenters. The minimum atomic E-state index is 0.213. The normalized spacial score (nSPS) is 22.5. The van der Waals surface area contributed by atoms with Crippen LogP contribution in [0.1, 0.15) is 35.6 Å². The molecule has 0 fully saturated rings. The first-order valence-corrected chi connectivity index (χ1v) is 6.36. The van der Waals surface area contributed by atoms with Gasteiger partial charge in [0.25, 0.3) is 0 Å². The number of benzene rings is 2. The number of rotatable bonds is 1. The fourth-order valence-electron chi connectivity index (χ4n) is 3.02. The van der Waals surface area contributed by atoms with Crippen molar-refractivity contribution in [1.82, 2.24) is 0 Å². The molecular formula is C17H18. The van der Waals surface area contributed by atoms with Gasteiger partial charge < -0.3 is 0 Å². The standard InChI is InChI=1S/C17H18/c1-13-7-9-15(10-8-13)17(2)12-11-14-5-3-4-6-16(14)17/h3-10H,11-12H2,1-2H3. The molecule has 0 amide bonds. The maximum absolute atomic E-state index is 2.38. The van der Waals surface area contributed by atoms with Gasteiger partial charge in [0.2, 0.25) is 0 Å². The van der Waals surface area contributed by atoms with Gasteiger partial charge in [-0.05, 0) is 36.5 Å². The van der Waals surface area contributed by atoms with Crippen LogP contribution < -0.4 is 0 Å². The van der Waals surface area contributed by atoms with Crippen LogP contribution in [0.5, 0.6) is 0 Å². The molecule has 1 unspecified atom stereocenters. The highest BCUT2D eigenvalue weighted by Gasteiger charge is 2.35. The van der Waals surface area contributed by atoms with Crippen LogP contribution in [0.3, 0.4) is 0 Å². The van der Waals surface area contributed by atoms with Crippen molar-refractivity contribution in [3.63, 3.8) is 0 Å². The Morgan fingerprint density at radius 2 is 1.65 bits per heavy atom. The summed E-state index contributed by atoms with van der Waals surface area (Å²) in [7, 11) is 0. The lowest BCUT2D eigenvalue weighted by Crippen LogP contribution is -2.19. The lowest BCUT2D eigenvalue weighted by atomic mass is 9.77. The Kier molecular flexibility index (Phi) is 2.32. The lowest BCUT2D eigenvalue weighted by molar-refractivity contribution is 0.566. The van der Waals surface area contributed by atoms with Crippen LogP contribution in [0, 0.1) is 6.92 Å². The van der Waals surface area contributed by atoms with Gasteiger partial charge in [-0.15, -0.1) is 0 Å². The van der Waals surface area contributed by atoms with E-state index >= 15 is 0 Å². The summed E-state index contributed by atoms with van der Waals surface area (Å²) in [6.45, 7) is 4.53. The predicted molar refractivity (Wildman–Crippen MR) is 72.4 cm³/mol. The Hall–Kier alpha value is -1.56. The summed E-state index contributed by atoms with van der Waals surface area (Å²) in [4.78, 5) is 0. The highest BCUT2D eigenvalue weighted by molar-refractivity contribution is 5.47. The van der Waals surface area contributed by atoms with Crippen molar-refractivity contribution in [1.29, 1.82) is 0 Å². The van der Waals surface area contributed by atoms with Gasteiger partial charge in [0.05, 0.1) is 0 Å². The van der Waals surface area contributed by atoms with Gasteiger partial charge >= 0.3 is 0 Å². The van der Waals surface area contributed by atoms with Crippen LogP contribution in [0.25, 0.3) is 0 Å². The third-order valence-corrected chi connectivity index (χ3v) is 4.19. The zero-order valence-electron chi connectivity index (χ0n) is 10.5. The van der Waals surface area contributed by atoms with E-state index in [1.165, 1.54) is 35.1 Å². The Morgan fingerprint density at radius 3 is 2.41 bits per heavy atom. The summed E-state index contributed by atoms with van der Waals surface area (Å²) in [5.41, 5.74) is 6.04. The third kappa shape index (κ3) is 1.59. The number of aryl methyl sites for hydroxylation is 2. The molecule has 0 aromatic heterocycles. The minimum absolute atomic E-state index is 0.213. The van der Waals surface area contributed by atoms with E-state index in [0.717, 1.165) is 0 Å². The van der Waals surface area contributed by atoms with E-state index in [-0.39, 0.29) is 5.41 Å². The quantitative estimate of drug-likeness (QED) is 0.676. The van der Waals surface area contributed by atoms with Crippen molar-refractivity contribution in [2.75, 3.05) is 0 Å². The predicted octanol–water partition coefficient (Wildman–Crippen LogP) is 4.25. The summed E-state index contributed by atoms with van der Waals surface area (Å²) in [6.07, 6.45) is 2.44. The van der Waals surface area contributed by atoms with Gasteiger partial charge in [0, 0.05) is 5.41 Å². The Morgan fingerprint density at radius 1 is 0.941 bits per heavy atom. The first kappa shape index (κ1) is 10.6. The van der Waals surface area contributed by atoms with E-state index in [2.05, 4.69) is 62.4 Å². The van der Waals surface area contributed by atoms with Crippen LogP contribution in [-0.4, -0.2) is 0 Å². The molecule has 0 nitrogen and oxygen atoms in total. The third-order valence-electron chi connectivity index (χ3n) is 4.19. The topological polar surface area (TPSA) is 0 Å². The largest absolute Gasteiger partial charge is 0.0620 e. The Bertz CT molecular complexity index is 536. The molecule has 2 aromatic carbocycles. The molecule has 0 heteroatoms. The van der Waals surface area contributed by atoms with Crippen molar-refractivity contribution in [2.24, 2.45) is 0 Å². The van der Waals surface area contributed by atoms with Crippen LogP contribution >= 0.6 is 0 Å². The average Bonchev–Trinajstić information content (AvgIpc) is 2.70. The summed E-state index contributed by atoms with van der Waals surface area (Å²) >= 11 is 0. The highest BCUT2D eigenvalue weighted by atomic mass is 14.4. The Labute approximate surface area is 103 Å². The fraction of sp³-hybridized carbons (Fsp3) is 0.294. The van der Waals surface area contributed by atoms with E-state index in [1.54, 1.807) is 0 Å². The van der Waals surface area contributed by atoms with E-state index in [4.69, 9.17) is 0 Å². The number of fused-ring (bicyclic) bond motifs is 1. The Balaban J connectivity index is 2.12. The van der Waals surface area contributed by atoms with Crippen LogP contribution in [0.2, 0.25) is 0 Å². The number of hydrogen-bond acceptors (Lipinski definition) is 0. The summed E-state index contributed by atoms with van der Waals surface area (Å²) in [5, 5.41) is 0. The van der Waals surface area contributed by atoms with Gasteiger partial charge in [-0.1, -0.05) is 61.0 Å². The lowest BCUT2D eigenvalue weighted by Gasteiger charge is -2.26. The molecular weight excluding hydrogens is 204 g/mol. The molecule has 17 heavy (non-hydrogen) atoms. The summed E-state index contributed by atoms with van der Waals surface area (Å²) in [6, 6.07) is 17.9. The number of hydrogen-bond donors (Lipinski definition) is 0. The van der Waals surface area contributed by atoms with Crippen molar-refractivity contribution in [3.05, 3.63) is 70.8 Å². The first-order chi connectivity index (χ1) is 8.20. The second kappa shape index (κ2) is 3.73. The molecule has 1 aliphatic rings. The molecule has 0 saturated heterocycles. The molecule has 2 aromatic rings. The SMILES string of the molecule is Cc1ccc(C2(C)CCc3ccccc32)cc1. The monoisotopic (exact) mass is 222 g/mol. The summed E-state index contributed by atoms with van der Waals surface area (Å²) in [5.74, 6) is 0. The van der Waals surface area contributed by atoms with E-state index < -0.39 is 0 Å². The van der Waals surface area contributed by atoms with E-state index in [9.17, 15) is 0 Å². The minimum Gasteiger partial charge on any atom is -0.0620 e. The van der Waals surface area contributed by atoms with Gasteiger partial charge in [0.15, 0.2) is 0 Å². The van der Waals surface area contributed by atoms with E-state index in [0.29, 0.717) is 0 Å². The first-order valence-electron chi connectivity index (χ1n) is 6.36. The zero-order chi connectivity index (χ0) is 11.9. The smallest absolute Gasteiger partial charge is 0.0180 e. The molecule has 0 bridgehead atoms. The van der Waals surface area contributed by atoms with Crippen molar-refractivity contribution < 1.29 is 0 Å². The zero-order valence-corrected chi connectivity index (χ0v) is 10.5. The van der Waals surface area contributed by atoms with Gasteiger partial charge in [-0.25, -0.2) is 0 Å². The van der Waals surface area contributed by atoms with Crippen molar-refractivity contribution >= 4 is 0 Å². The van der Waals surface area contributed by atoms with Crippen LogP contribution in [0.15, 0.2) is 48.5 Å². The molecule has 0 radical (unpaired) electrons. The van der Waals surface area contributed by atoms with Gasteiger partial charge in [-0.3, -0.25) is 0 Å². The molecule has 3 rings (SSSR count). The molecule has 0 heterocycles. The van der Waals surface area contributed by atoms with Crippen molar-refractivity contribution in [3.8, 4) is 0 Å². The van der Waals surface area contributed by atoms with E-state index in [1.807, 2.05) is 0 Å². The molecule has 1 aliphatic carbocycles. The molecule has 0 N–H and O–H groups in total.